The van der Waals surface area contributed by atoms with Crippen LogP contribution in [-0.4, -0.2) is 40.3 Å². The minimum absolute atomic E-state index is 0.153. The summed E-state index contributed by atoms with van der Waals surface area (Å²) in [6.07, 6.45) is 0.850. The van der Waals surface area contributed by atoms with E-state index in [0.717, 1.165) is 28.9 Å². The van der Waals surface area contributed by atoms with Gasteiger partial charge < -0.3 is 14.6 Å². The maximum Gasteiger partial charge on any atom is 0.417 e. The standard InChI is InChI=1S/C29H37NO5/c1-20(2)12-11-13-21(3)18-25(31)27(34-19-23-14-7-5-8-15-23)28(32)30-22(4)26(35-29(30)33)24-16-9-6-10-17-24/h5-10,12,14-17,21-22,25-27,31H,11,13,18-19H2,1-4H3/t21?,22?,25-,26+,27+/m0/s1. The van der Waals surface area contributed by atoms with Gasteiger partial charge in [0, 0.05) is 0 Å². The van der Waals surface area contributed by atoms with Gasteiger partial charge in [0.1, 0.15) is 6.10 Å². The fourth-order valence-corrected chi connectivity index (χ4v) is 4.40. The number of amides is 2. The summed E-state index contributed by atoms with van der Waals surface area (Å²) in [6, 6.07) is 18.3. The molecule has 1 aliphatic heterocycles. The number of carbonyl (C=O) groups excluding carboxylic acids is 2. The van der Waals surface area contributed by atoms with Crippen LogP contribution in [0.1, 0.15) is 64.2 Å². The summed E-state index contributed by atoms with van der Waals surface area (Å²) in [6.45, 7) is 8.11. The number of hydrogen-bond donors (Lipinski definition) is 1. The third-order valence-corrected chi connectivity index (χ3v) is 6.36. The van der Waals surface area contributed by atoms with Crippen LogP contribution >= 0.6 is 0 Å². The van der Waals surface area contributed by atoms with Crippen molar-refractivity contribution in [3.8, 4) is 0 Å². The van der Waals surface area contributed by atoms with Gasteiger partial charge in [-0.25, -0.2) is 9.69 Å². The quantitative estimate of drug-likeness (QED) is 0.411. The first-order chi connectivity index (χ1) is 16.8. The molecule has 0 aromatic heterocycles. The first kappa shape index (κ1) is 26.6. The Morgan fingerprint density at radius 1 is 1.11 bits per heavy atom. The third kappa shape index (κ3) is 7.26. The first-order valence-corrected chi connectivity index (χ1v) is 12.3. The molecule has 2 unspecified atom stereocenters. The molecule has 2 aromatic rings. The van der Waals surface area contributed by atoms with Crippen molar-refractivity contribution in [3.63, 3.8) is 0 Å². The number of allylic oxidation sites excluding steroid dienone is 2. The average Bonchev–Trinajstić information content (AvgIpc) is 3.13. The van der Waals surface area contributed by atoms with Crippen LogP contribution in [0.4, 0.5) is 4.79 Å². The monoisotopic (exact) mass is 479 g/mol. The number of ether oxygens (including phenoxy) is 2. The summed E-state index contributed by atoms with van der Waals surface area (Å²) in [7, 11) is 0. The maximum absolute atomic E-state index is 13.6. The van der Waals surface area contributed by atoms with Gasteiger partial charge in [-0.05, 0) is 57.1 Å². The lowest BCUT2D eigenvalue weighted by Crippen LogP contribution is -2.49. The number of hydrogen-bond acceptors (Lipinski definition) is 5. The summed E-state index contributed by atoms with van der Waals surface area (Å²) in [4.78, 5) is 27.5. The molecule has 1 heterocycles. The van der Waals surface area contributed by atoms with Crippen molar-refractivity contribution >= 4 is 12.0 Å². The summed E-state index contributed by atoms with van der Waals surface area (Å²) in [5.41, 5.74) is 2.96. The molecule has 1 N–H and O–H groups in total. The number of aliphatic hydroxyl groups is 1. The van der Waals surface area contributed by atoms with E-state index in [1.807, 2.05) is 60.7 Å². The molecule has 35 heavy (non-hydrogen) atoms. The molecule has 6 heteroatoms. The highest BCUT2D eigenvalue weighted by Gasteiger charge is 2.47. The van der Waals surface area contributed by atoms with Crippen LogP contribution in [-0.2, 0) is 20.9 Å². The molecular weight excluding hydrogens is 442 g/mol. The first-order valence-electron chi connectivity index (χ1n) is 12.3. The van der Waals surface area contributed by atoms with Gasteiger partial charge in [-0.3, -0.25) is 4.79 Å². The lowest BCUT2D eigenvalue weighted by molar-refractivity contribution is -0.151. The van der Waals surface area contributed by atoms with Gasteiger partial charge in [0.2, 0.25) is 0 Å². The second kappa shape index (κ2) is 12.7. The number of aliphatic hydroxyl groups excluding tert-OH is 1. The molecule has 0 aliphatic carbocycles. The molecular formula is C29H37NO5. The SMILES string of the molecule is CC(C)=CCCC(C)C[C@H](O)[C@@H](OCc1ccccc1)C(=O)N1C(=O)O[C@@H](c2ccccc2)C1C. The summed E-state index contributed by atoms with van der Waals surface area (Å²) in [5.74, 6) is -0.392. The average molecular weight is 480 g/mol. The van der Waals surface area contributed by atoms with Crippen molar-refractivity contribution in [1.82, 2.24) is 4.90 Å². The van der Waals surface area contributed by atoms with Crippen LogP contribution in [0, 0.1) is 5.92 Å². The number of cyclic esters (lactones) is 1. The Morgan fingerprint density at radius 3 is 2.37 bits per heavy atom. The fourth-order valence-electron chi connectivity index (χ4n) is 4.40. The molecule has 188 valence electrons. The van der Waals surface area contributed by atoms with Crippen molar-refractivity contribution in [3.05, 3.63) is 83.4 Å². The minimum atomic E-state index is -1.18. The van der Waals surface area contributed by atoms with E-state index in [2.05, 4.69) is 26.8 Å². The second-order valence-corrected chi connectivity index (χ2v) is 9.65. The van der Waals surface area contributed by atoms with Crippen molar-refractivity contribution in [2.45, 2.75) is 77.9 Å². The van der Waals surface area contributed by atoms with Gasteiger partial charge in [-0.1, -0.05) is 79.2 Å². The smallest absolute Gasteiger partial charge is 0.417 e. The Morgan fingerprint density at radius 2 is 1.74 bits per heavy atom. The van der Waals surface area contributed by atoms with E-state index in [1.54, 1.807) is 6.92 Å². The van der Waals surface area contributed by atoms with Crippen LogP contribution in [0.25, 0.3) is 0 Å². The Bertz CT molecular complexity index is 987. The van der Waals surface area contributed by atoms with E-state index >= 15 is 0 Å². The second-order valence-electron chi connectivity index (χ2n) is 9.65. The van der Waals surface area contributed by atoms with E-state index in [1.165, 1.54) is 5.57 Å². The van der Waals surface area contributed by atoms with Gasteiger partial charge in [-0.15, -0.1) is 0 Å². The van der Waals surface area contributed by atoms with Crippen LogP contribution in [0.2, 0.25) is 0 Å². The molecule has 5 atom stereocenters. The molecule has 6 nitrogen and oxygen atoms in total. The molecule has 1 saturated heterocycles. The van der Waals surface area contributed by atoms with Crippen molar-refractivity contribution in [2.24, 2.45) is 5.92 Å². The normalized spacial score (nSPS) is 20.1. The Balaban J connectivity index is 1.75. The molecule has 2 amide bonds. The summed E-state index contributed by atoms with van der Waals surface area (Å²) < 4.78 is 11.5. The van der Waals surface area contributed by atoms with Gasteiger partial charge >= 0.3 is 6.09 Å². The number of imide groups is 1. The predicted octanol–water partition coefficient (Wildman–Crippen LogP) is 5.81. The molecule has 0 saturated carbocycles. The van der Waals surface area contributed by atoms with Gasteiger partial charge in [-0.2, -0.15) is 0 Å². The highest BCUT2D eigenvalue weighted by molar-refractivity contribution is 5.96. The Hall–Kier alpha value is -2.96. The number of rotatable bonds is 11. The largest absolute Gasteiger partial charge is 0.439 e. The van der Waals surface area contributed by atoms with Crippen LogP contribution in [0.5, 0.6) is 0 Å². The van der Waals surface area contributed by atoms with E-state index in [0.29, 0.717) is 6.42 Å². The van der Waals surface area contributed by atoms with Crippen molar-refractivity contribution in [1.29, 1.82) is 0 Å². The van der Waals surface area contributed by atoms with E-state index in [-0.39, 0.29) is 12.5 Å². The zero-order chi connectivity index (χ0) is 25.4. The van der Waals surface area contributed by atoms with E-state index in [9.17, 15) is 14.7 Å². The lowest BCUT2D eigenvalue weighted by atomic mass is 9.94. The molecule has 3 rings (SSSR count). The van der Waals surface area contributed by atoms with Crippen LogP contribution in [0.3, 0.4) is 0 Å². The zero-order valence-electron chi connectivity index (χ0n) is 21.1. The zero-order valence-corrected chi connectivity index (χ0v) is 21.1. The minimum Gasteiger partial charge on any atom is -0.439 e. The highest BCUT2D eigenvalue weighted by Crippen LogP contribution is 2.33. The van der Waals surface area contributed by atoms with Gasteiger partial charge in [0.05, 0.1) is 18.8 Å². The van der Waals surface area contributed by atoms with Crippen molar-refractivity contribution < 1.29 is 24.2 Å². The maximum atomic E-state index is 13.6. The summed E-state index contributed by atoms with van der Waals surface area (Å²) >= 11 is 0. The molecule has 0 spiro atoms. The number of carbonyl (C=O) groups is 2. The molecule has 0 bridgehead atoms. The highest BCUT2D eigenvalue weighted by atomic mass is 16.6. The van der Waals surface area contributed by atoms with E-state index in [4.69, 9.17) is 9.47 Å². The van der Waals surface area contributed by atoms with E-state index < -0.39 is 36.4 Å². The predicted molar refractivity (Wildman–Crippen MR) is 135 cm³/mol. The Kier molecular flexibility index (Phi) is 9.64. The van der Waals surface area contributed by atoms with Crippen molar-refractivity contribution in [2.75, 3.05) is 0 Å². The van der Waals surface area contributed by atoms with Gasteiger partial charge in [0.25, 0.3) is 5.91 Å². The molecule has 1 fully saturated rings. The lowest BCUT2D eigenvalue weighted by Gasteiger charge is -2.29. The third-order valence-electron chi connectivity index (χ3n) is 6.36. The molecule has 2 aromatic carbocycles. The number of nitrogens with zero attached hydrogens (tertiary/aromatic N) is 1. The topological polar surface area (TPSA) is 76.1 Å². The van der Waals surface area contributed by atoms with Gasteiger partial charge in [0.15, 0.2) is 6.10 Å². The number of benzene rings is 2. The fraction of sp³-hybridized carbons (Fsp3) is 0.448. The molecule has 0 radical (unpaired) electrons. The van der Waals surface area contributed by atoms with Crippen LogP contribution < -0.4 is 0 Å². The molecule has 1 aliphatic rings. The van der Waals surface area contributed by atoms with Crippen LogP contribution in [0.15, 0.2) is 72.3 Å². The Labute approximate surface area is 208 Å². The summed E-state index contributed by atoms with van der Waals surface area (Å²) in [5, 5.41) is 11.1.